The number of hydrogen-bond acceptors (Lipinski definition) is 0. The number of benzene rings is 1. The van der Waals surface area contributed by atoms with Gasteiger partial charge in [-0.15, -0.1) is 0 Å². The standard InChI is InChI=1S/C18H23/c1-2-13-4-3-5-17(9-13)18-10-14-6-15(11-18)8-16(7-14)12-18/h2-5,9,14-16H,6-8,10-12H2,1H3. The first-order chi connectivity index (χ1) is 8.77. The van der Waals surface area contributed by atoms with Crippen molar-refractivity contribution in [2.45, 2.75) is 50.9 Å². The zero-order valence-electron chi connectivity index (χ0n) is 11.4. The lowest BCUT2D eigenvalue weighted by molar-refractivity contribution is -0.00520. The minimum Gasteiger partial charge on any atom is -0.0617 e. The highest BCUT2D eigenvalue weighted by atomic mass is 14.6. The Morgan fingerprint density at radius 2 is 1.61 bits per heavy atom. The molecule has 1 aromatic carbocycles. The molecule has 18 heavy (non-hydrogen) atoms. The molecule has 0 amide bonds. The molecule has 4 saturated carbocycles. The Morgan fingerprint density at radius 1 is 1.00 bits per heavy atom. The summed E-state index contributed by atoms with van der Waals surface area (Å²) >= 11 is 0. The van der Waals surface area contributed by atoms with Crippen LogP contribution in [0.3, 0.4) is 0 Å². The van der Waals surface area contributed by atoms with Crippen LogP contribution in [-0.4, -0.2) is 0 Å². The Labute approximate surface area is 111 Å². The second kappa shape index (κ2) is 3.85. The van der Waals surface area contributed by atoms with Crippen LogP contribution >= 0.6 is 0 Å². The molecule has 4 aliphatic rings. The van der Waals surface area contributed by atoms with Crippen LogP contribution < -0.4 is 0 Å². The van der Waals surface area contributed by atoms with E-state index in [9.17, 15) is 0 Å². The lowest BCUT2D eigenvalue weighted by Gasteiger charge is -2.57. The first-order valence-electron chi connectivity index (χ1n) is 7.67. The van der Waals surface area contributed by atoms with Gasteiger partial charge in [-0.05, 0) is 79.2 Å². The molecule has 0 heteroatoms. The van der Waals surface area contributed by atoms with Crippen LogP contribution in [0, 0.1) is 24.2 Å². The maximum absolute atomic E-state index is 2.47. The highest BCUT2D eigenvalue weighted by Gasteiger charge is 2.51. The molecule has 1 aromatic rings. The Bertz CT molecular complexity index is 422. The van der Waals surface area contributed by atoms with Gasteiger partial charge in [-0.2, -0.15) is 0 Å². The van der Waals surface area contributed by atoms with Crippen molar-refractivity contribution in [3.8, 4) is 0 Å². The predicted molar refractivity (Wildman–Crippen MR) is 75.4 cm³/mol. The van der Waals surface area contributed by atoms with Crippen molar-refractivity contribution in [2.75, 3.05) is 0 Å². The van der Waals surface area contributed by atoms with Gasteiger partial charge >= 0.3 is 0 Å². The molecule has 95 valence electrons. The summed E-state index contributed by atoms with van der Waals surface area (Å²) in [5.41, 5.74) is 3.62. The molecule has 5 rings (SSSR count). The van der Waals surface area contributed by atoms with Crippen molar-refractivity contribution in [3.05, 3.63) is 41.8 Å². The summed E-state index contributed by atoms with van der Waals surface area (Å²) in [6.07, 6.45) is 11.3. The molecule has 0 heterocycles. The Morgan fingerprint density at radius 3 is 2.17 bits per heavy atom. The summed E-state index contributed by atoms with van der Waals surface area (Å²) in [7, 11) is 0. The smallest absolute Gasteiger partial charge is 0.00390 e. The van der Waals surface area contributed by atoms with Gasteiger partial charge in [-0.1, -0.05) is 31.2 Å². The molecule has 0 atom stereocenters. The summed E-state index contributed by atoms with van der Waals surface area (Å²) in [6, 6.07) is 9.38. The van der Waals surface area contributed by atoms with E-state index in [1.54, 1.807) is 5.56 Å². The fourth-order valence-corrected chi connectivity index (χ4v) is 5.51. The normalized spacial score (nSPS) is 41.3. The van der Waals surface area contributed by atoms with Crippen LogP contribution in [0.15, 0.2) is 24.3 Å². The van der Waals surface area contributed by atoms with Gasteiger partial charge in [0.2, 0.25) is 0 Å². The first-order valence-corrected chi connectivity index (χ1v) is 7.67. The third-order valence-electron chi connectivity index (χ3n) is 5.87. The molecule has 4 bridgehead atoms. The van der Waals surface area contributed by atoms with Crippen LogP contribution in [0.1, 0.15) is 56.6 Å². The molecule has 0 saturated heterocycles. The third-order valence-corrected chi connectivity index (χ3v) is 5.87. The van der Waals surface area contributed by atoms with Crippen molar-refractivity contribution in [1.82, 2.24) is 0 Å². The van der Waals surface area contributed by atoms with Crippen LogP contribution in [0.25, 0.3) is 0 Å². The fraction of sp³-hybridized carbons (Fsp3) is 0.611. The van der Waals surface area contributed by atoms with E-state index < -0.39 is 0 Å². The van der Waals surface area contributed by atoms with Crippen molar-refractivity contribution >= 4 is 0 Å². The van der Waals surface area contributed by atoms with Crippen molar-refractivity contribution < 1.29 is 0 Å². The molecule has 0 N–H and O–H groups in total. The van der Waals surface area contributed by atoms with Crippen LogP contribution in [0.4, 0.5) is 0 Å². The van der Waals surface area contributed by atoms with E-state index in [0.717, 1.165) is 17.8 Å². The molecule has 4 aliphatic carbocycles. The molecule has 0 aliphatic heterocycles. The summed E-state index contributed by atoms with van der Waals surface area (Å²) in [4.78, 5) is 0. The Kier molecular flexibility index (Phi) is 2.37. The van der Waals surface area contributed by atoms with E-state index in [1.165, 1.54) is 44.1 Å². The van der Waals surface area contributed by atoms with Crippen molar-refractivity contribution in [2.24, 2.45) is 17.8 Å². The molecule has 0 aromatic heterocycles. The largest absolute Gasteiger partial charge is 0.0617 e. The van der Waals surface area contributed by atoms with Crippen LogP contribution in [0.5, 0.6) is 0 Å². The molecular weight excluding hydrogens is 216 g/mol. The maximum Gasteiger partial charge on any atom is -0.00390 e. The van der Waals surface area contributed by atoms with Gasteiger partial charge in [0, 0.05) is 0 Å². The topological polar surface area (TPSA) is 0 Å². The van der Waals surface area contributed by atoms with Gasteiger partial charge in [-0.3, -0.25) is 0 Å². The van der Waals surface area contributed by atoms with Crippen molar-refractivity contribution in [1.29, 1.82) is 0 Å². The molecule has 0 nitrogen and oxygen atoms in total. The minimum absolute atomic E-state index is 0.563. The monoisotopic (exact) mass is 239 g/mol. The van der Waals surface area contributed by atoms with E-state index in [0.29, 0.717) is 5.41 Å². The van der Waals surface area contributed by atoms with Gasteiger partial charge in [0.05, 0.1) is 0 Å². The predicted octanol–water partition coefficient (Wildman–Crippen LogP) is 4.73. The average Bonchev–Trinajstić information content (AvgIpc) is 2.37. The van der Waals surface area contributed by atoms with E-state index in [4.69, 9.17) is 0 Å². The van der Waals surface area contributed by atoms with E-state index in [1.807, 2.05) is 0 Å². The summed E-state index contributed by atoms with van der Waals surface area (Å²) < 4.78 is 0. The van der Waals surface area contributed by atoms with Gasteiger partial charge in [-0.25, -0.2) is 0 Å². The summed E-state index contributed by atoms with van der Waals surface area (Å²) in [6.45, 7) is 2.15. The Hall–Kier alpha value is -0.780. The average molecular weight is 239 g/mol. The van der Waals surface area contributed by atoms with Gasteiger partial charge in [0.25, 0.3) is 0 Å². The number of rotatable bonds is 2. The summed E-state index contributed by atoms with van der Waals surface area (Å²) in [5.74, 6) is 3.14. The van der Waals surface area contributed by atoms with E-state index in [2.05, 4.69) is 37.6 Å². The van der Waals surface area contributed by atoms with E-state index in [-0.39, 0.29) is 0 Å². The molecule has 0 spiro atoms. The molecular formula is C18H23. The fourth-order valence-electron chi connectivity index (χ4n) is 5.51. The third kappa shape index (κ3) is 1.57. The van der Waals surface area contributed by atoms with Gasteiger partial charge < -0.3 is 0 Å². The second-order valence-electron chi connectivity index (χ2n) is 7.11. The van der Waals surface area contributed by atoms with E-state index >= 15 is 0 Å². The van der Waals surface area contributed by atoms with Crippen LogP contribution in [0.2, 0.25) is 0 Å². The lowest BCUT2D eigenvalue weighted by Crippen LogP contribution is -2.48. The molecule has 4 fully saturated rings. The maximum atomic E-state index is 2.47. The second-order valence-corrected chi connectivity index (χ2v) is 7.11. The molecule has 0 unspecified atom stereocenters. The Balaban J connectivity index is 1.74. The number of hydrogen-bond donors (Lipinski definition) is 0. The molecule has 1 radical (unpaired) electrons. The van der Waals surface area contributed by atoms with Crippen molar-refractivity contribution in [3.63, 3.8) is 0 Å². The highest BCUT2D eigenvalue weighted by Crippen LogP contribution is 2.60. The zero-order valence-corrected chi connectivity index (χ0v) is 11.4. The first kappa shape index (κ1) is 11.1. The quantitative estimate of drug-likeness (QED) is 0.700. The van der Waals surface area contributed by atoms with Gasteiger partial charge in [0.1, 0.15) is 0 Å². The zero-order chi connectivity index (χ0) is 12.2. The minimum atomic E-state index is 0.563. The SMILES string of the molecule is C[CH]c1cccc(C23CC4CC(CC(C4)C2)C3)c1. The summed E-state index contributed by atoms with van der Waals surface area (Å²) in [5, 5.41) is 0. The lowest BCUT2D eigenvalue weighted by atomic mass is 9.48. The van der Waals surface area contributed by atoms with Gasteiger partial charge in [0.15, 0.2) is 0 Å². The van der Waals surface area contributed by atoms with Crippen LogP contribution in [-0.2, 0) is 5.41 Å². The highest BCUT2D eigenvalue weighted by molar-refractivity contribution is 5.35.